The van der Waals surface area contributed by atoms with Crippen molar-refractivity contribution in [3.8, 4) is 0 Å². The summed E-state index contributed by atoms with van der Waals surface area (Å²) in [4.78, 5) is 28.8. The van der Waals surface area contributed by atoms with Crippen LogP contribution in [0.4, 0.5) is 20.2 Å². The van der Waals surface area contributed by atoms with Gasteiger partial charge >= 0.3 is 7.12 Å². The van der Waals surface area contributed by atoms with E-state index in [4.69, 9.17) is 6.57 Å². The highest BCUT2D eigenvalue weighted by Crippen LogP contribution is 2.34. The van der Waals surface area contributed by atoms with Crippen LogP contribution in [0.2, 0.25) is 0 Å². The van der Waals surface area contributed by atoms with E-state index in [1.807, 2.05) is 13.8 Å². The molecule has 0 saturated carbocycles. The molecular formula is C19H24BF2N3O4. The van der Waals surface area contributed by atoms with Gasteiger partial charge in [-0.15, -0.1) is 0 Å². The van der Waals surface area contributed by atoms with Gasteiger partial charge in [0.15, 0.2) is 11.5 Å². The Morgan fingerprint density at radius 1 is 1.31 bits per heavy atom. The zero-order valence-electron chi connectivity index (χ0n) is 16.4. The average Bonchev–Trinajstić information content (AvgIpc) is 2.60. The highest BCUT2D eigenvalue weighted by molar-refractivity contribution is 6.43. The Balaban J connectivity index is 1.95. The molecule has 2 atom stereocenters. The number of hydrogen-bond acceptors (Lipinski definition) is 5. The molecule has 0 spiro atoms. The predicted octanol–water partition coefficient (Wildman–Crippen LogP) is 1.99. The van der Waals surface area contributed by atoms with E-state index < -0.39 is 36.6 Å². The lowest BCUT2D eigenvalue weighted by Crippen LogP contribution is -2.53. The van der Waals surface area contributed by atoms with Crippen LogP contribution in [-0.2, 0) is 9.59 Å². The largest absolute Gasteiger partial charge is 0.475 e. The van der Waals surface area contributed by atoms with Crippen LogP contribution < -0.4 is 10.2 Å². The van der Waals surface area contributed by atoms with Crippen LogP contribution in [0.1, 0.15) is 39.5 Å². The van der Waals surface area contributed by atoms with Gasteiger partial charge in [-0.2, -0.15) is 0 Å². The Hall–Kier alpha value is -2.51. The molecule has 10 heteroatoms. The van der Waals surface area contributed by atoms with Crippen LogP contribution in [-0.4, -0.2) is 47.4 Å². The standard InChI is InChI=1S/C19H24BF2N3O4/c1-11(2)8-17(20(28)29)24-18(27)5-4-16(26)15-6-7-25(15)19-13(21)9-12(23-3)10-14(19)22/h9-11,15,17,28-29H,4-8H2,1-2H3,(H,24,27)/t15-,17-/m0/s1. The summed E-state index contributed by atoms with van der Waals surface area (Å²) in [7, 11) is -1.71. The van der Waals surface area contributed by atoms with E-state index in [9.17, 15) is 28.4 Å². The van der Waals surface area contributed by atoms with Crippen molar-refractivity contribution in [2.24, 2.45) is 5.92 Å². The summed E-state index contributed by atoms with van der Waals surface area (Å²) in [6.45, 7) is 10.9. The van der Waals surface area contributed by atoms with Crippen LogP contribution in [0.3, 0.4) is 0 Å². The minimum Gasteiger partial charge on any atom is -0.426 e. The van der Waals surface area contributed by atoms with E-state index in [0.717, 1.165) is 12.1 Å². The van der Waals surface area contributed by atoms with Crippen molar-refractivity contribution < 1.29 is 28.4 Å². The number of Topliss-reactive ketones (excluding diaryl/α,β-unsaturated/α-hetero) is 1. The van der Waals surface area contributed by atoms with Gasteiger partial charge in [0.25, 0.3) is 0 Å². The molecule has 0 aliphatic carbocycles. The van der Waals surface area contributed by atoms with Gasteiger partial charge in [-0.05, 0) is 30.9 Å². The molecule has 1 aliphatic rings. The maximum Gasteiger partial charge on any atom is 0.475 e. The minimum absolute atomic E-state index is 0.131. The summed E-state index contributed by atoms with van der Waals surface area (Å²) >= 11 is 0. The molecule has 1 aromatic rings. The summed E-state index contributed by atoms with van der Waals surface area (Å²) in [5.41, 5.74) is -0.502. The normalized spacial score (nSPS) is 16.8. The lowest BCUT2D eigenvalue weighted by molar-refractivity contribution is -0.126. The van der Waals surface area contributed by atoms with Crippen molar-refractivity contribution in [3.05, 3.63) is 35.2 Å². The molecule has 0 aromatic heterocycles. The zero-order chi connectivity index (χ0) is 21.7. The number of anilines is 1. The molecule has 0 unspecified atom stereocenters. The van der Waals surface area contributed by atoms with Crippen LogP contribution in [0.25, 0.3) is 4.85 Å². The lowest BCUT2D eigenvalue weighted by atomic mass is 9.75. The quantitative estimate of drug-likeness (QED) is 0.430. The van der Waals surface area contributed by atoms with Crippen molar-refractivity contribution in [2.75, 3.05) is 11.4 Å². The number of nitrogens with zero attached hydrogens (tertiary/aromatic N) is 2. The van der Waals surface area contributed by atoms with Crippen LogP contribution >= 0.6 is 0 Å². The van der Waals surface area contributed by atoms with Crippen LogP contribution in [0, 0.1) is 24.1 Å². The molecule has 0 bridgehead atoms. The Labute approximate surface area is 168 Å². The number of carbonyl (C=O) groups excluding carboxylic acids is 2. The summed E-state index contributed by atoms with van der Waals surface area (Å²) in [5.74, 6) is -3.33. The van der Waals surface area contributed by atoms with E-state index in [0.29, 0.717) is 19.4 Å². The molecule has 1 heterocycles. The molecule has 156 valence electrons. The molecule has 2 rings (SSSR count). The first kappa shape index (κ1) is 22.8. The zero-order valence-corrected chi connectivity index (χ0v) is 16.4. The summed E-state index contributed by atoms with van der Waals surface area (Å²) < 4.78 is 28.4. The number of rotatable bonds is 9. The van der Waals surface area contributed by atoms with Gasteiger partial charge in [-0.1, -0.05) is 13.8 Å². The van der Waals surface area contributed by atoms with Gasteiger partial charge in [0.05, 0.1) is 18.6 Å². The van der Waals surface area contributed by atoms with Gasteiger partial charge in [0.2, 0.25) is 5.91 Å². The topological polar surface area (TPSA) is 94.2 Å². The summed E-state index contributed by atoms with van der Waals surface area (Å²) in [6.07, 6.45) is 0.487. The predicted molar refractivity (Wildman–Crippen MR) is 104 cm³/mol. The van der Waals surface area contributed by atoms with Crippen LogP contribution in [0.5, 0.6) is 0 Å². The number of ketones is 1. The first-order valence-corrected chi connectivity index (χ1v) is 9.45. The highest BCUT2D eigenvalue weighted by Gasteiger charge is 2.37. The molecule has 7 nitrogen and oxygen atoms in total. The second-order valence-corrected chi connectivity index (χ2v) is 7.55. The van der Waals surface area contributed by atoms with E-state index in [1.54, 1.807) is 0 Å². The van der Waals surface area contributed by atoms with Crippen molar-refractivity contribution in [1.82, 2.24) is 5.32 Å². The fourth-order valence-electron chi connectivity index (χ4n) is 3.33. The Kier molecular flexibility index (Phi) is 7.70. The molecule has 1 aliphatic heterocycles. The third-order valence-electron chi connectivity index (χ3n) is 4.84. The molecule has 1 fully saturated rings. The second-order valence-electron chi connectivity index (χ2n) is 7.55. The molecule has 1 saturated heterocycles. The minimum atomic E-state index is -1.71. The molecule has 0 radical (unpaired) electrons. The maximum absolute atomic E-state index is 14.2. The number of hydrogen-bond donors (Lipinski definition) is 3. The van der Waals surface area contributed by atoms with Crippen molar-refractivity contribution >= 4 is 30.2 Å². The number of halogens is 2. The number of amides is 1. The first-order valence-electron chi connectivity index (χ1n) is 9.45. The smallest absolute Gasteiger partial charge is 0.426 e. The van der Waals surface area contributed by atoms with E-state index >= 15 is 0 Å². The fraction of sp³-hybridized carbons (Fsp3) is 0.526. The molecular weight excluding hydrogens is 383 g/mol. The lowest BCUT2D eigenvalue weighted by Gasteiger charge is -2.42. The van der Waals surface area contributed by atoms with Gasteiger partial charge < -0.3 is 20.3 Å². The number of nitrogens with one attached hydrogen (secondary N) is 1. The summed E-state index contributed by atoms with van der Waals surface area (Å²) in [5, 5.41) is 21.2. The van der Waals surface area contributed by atoms with E-state index in [-0.39, 0.29) is 35.9 Å². The monoisotopic (exact) mass is 407 g/mol. The van der Waals surface area contributed by atoms with Crippen molar-refractivity contribution in [2.45, 2.75) is 51.5 Å². The third-order valence-corrected chi connectivity index (χ3v) is 4.84. The fourth-order valence-corrected chi connectivity index (χ4v) is 3.33. The second kappa shape index (κ2) is 9.81. The third kappa shape index (κ3) is 5.74. The van der Waals surface area contributed by atoms with E-state index in [2.05, 4.69) is 10.2 Å². The van der Waals surface area contributed by atoms with Crippen molar-refractivity contribution in [1.29, 1.82) is 0 Å². The highest BCUT2D eigenvalue weighted by atomic mass is 19.1. The van der Waals surface area contributed by atoms with Crippen molar-refractivity contribution in [3.63, 3.8) is 0 Å². The maximum atomic E-state index is 14.2. The van der Waals surface area contributed by atoms with Crippen LogP contribution in [0.15, 0.2) is 12.1 Å². The Morgan fingerprint density at radius 2 is 1.93 bits per heavy atom. The Bertz CT molecular complexity index is 790. The molecule has 3 N–H and O–H groups in total. The van der Waals surface area contributed by atoms with Gasteiger partial charge in [-0.3, -0.25) is 9.59 Å². The van der Waals surface area contributed by atoms with Gasteiger partial charge in [-0.25, -0.2) is 13.6 Å². The molecule has 29 heavy (non-hydrogen) atoms. The SMILES string of the molecule is [C-]#[N+]c1cc(F)c(N2CC[C@H]2C(=O)CCC(=O)N[C@@H](CC(C)C)B(O)O)c(F)c1. The molecule has 1 aromatic carbocycles. The van der Waals surface area contributed by atoms with E-state index in [1.165, 1.54) is 4.90 Å². The average molecular weight is 407 g/mol. The first-order chi connectivity index (χ1) is 13.6. The van der Waals surface area contributed by atoms with Gasteiger partial charge in [0, 0.05) is 19.4 Å². The summed E-state index contributed by atoms with van der Waals surface area (Å²) in [6, 6.07) is 1.11. The number of benzene rings is 1. The van der Waals surface area contributed by atoms with Gasteiger partial charge in [0.1, 0.15) is 17.3 Å². The number of carbonyl (C=O) groups is 2. The molecule has 1 amide bonds. The Morgan fingerprint density at radius 3 is 2.38 bits per heavy atom.